The van der Waals surface area contributed by atoms with E-state index in [9.17, 15) is 9.90 Å². The summed E-state index contributed by atoms with van der Waals surface area (Å²) >= 11 is 0. The first-order chi connectivity index (χ1) is 11.6. The summed E-state index contributed by atoms with van der Waals surface area (Å²) in [6.07, 6.45) is 0.0354. The van der Waals surface area contributed by atoms with Crippen molar-refractivity contribution in [2.75, 3.05) is 39.9 Å². The maximum atomic E-state index is 12.1. The lowest BCUT2D eigenvalue weighted by molar-refractivity contribution is -0.0118. The summed E-state index contributed by atoms with van der Waals surface area (Å²) in [5, 5.41) is 15.7. The van der Waals surface area contributed by atoms with Crippen LogP contribution in [0.5, 0.6) is 0 Å². The molecule has 4 atom stereocenters. The van der Waals surface area contributed by atoms with Crippen LogP contribution in [0.1, 0.15) is 17.9 Å². The van der Waals surface area contributed by atoms with Crippen LogP contribution in [0.25, 0.3) is 0 Å². The molecule has 2 heterocycles. The van der Waals surface area contributed by atoms with Crippen molar-refractivity contribution in [3.05, 3.63) is 35.9 Å². The van der Waals surface area contributed by atoms with Crippen molar-refractivity contribution in [1.29, 1.82) is 0 Å². The van der Waals surface area contributed by atoms with E-state index in [0.717, 1.165) is 13.1 Å². The third kappa shape index (κ3) is 4.26. The molecule has 3 N–H and O–H groups in total. The third-order valence-electron chi connectivity index (χ3n) is 5.01. The highest BCUT2D eigenvalue weighted by Crippen LogP contribution is 2.31. The van der Waals surface area contributed by atoms with E-state index >= 15 is 0 Å². The normalized spacial score (nSPS) is 30.9. The zero-order valence-electron chi connectivity index (χ0n) is 14.1. The number of nitrogens with one attached hydrogen (secondary N) is 2. The molecule has 0 radical (unpaired) electrons. The number of hydrogen-bond donors (Lipinski definition) is 3. The molecule has 2 aliphatic rings. The second-order valence-electron chi connectivity index (χ2n) is 6.89. The zero-order valence-corrected chi connectivity index (χ0v) is 14.1. The van der Waals surface area contributed by atoms with E-state index < -0.39 is 6.10 Å². The minimum absolute atomic E-state index is 0.231. The number of hydrogen-bond acceptors (Lipinski definition) is 4. The van der Waals surface area contributed by atoms with Gasteiger partial charge in [0.15, 0.2) is 0 Å². The van der Waals surface area contributed by atoms with Crippen molar-refractivity contribution >= 4 is 6.03 Å². The predicted octanol–water partition coefficient (Wildman–Crippen LogP) is 0.781. The first-order valence-electron chi connectivity index (χ1n) is 8.67. The predicted molar refractivity (Wildman–Crippen MR) is 91.9 cm³/mol. The van der Waals surface area contributed by atoms with Crippen LogP contribution in [0, 0.1) is 5.92 Å². The van der Waals surface area contributed by atoms with E-state index in [4.69, 9.17) is 4.74 Å². The Kier molecular flexibility index (Phi) is 5.71. The first kappa shape index (κ1) is 17.2. The summed E-state index contributed by atoms with van der Waals surface area (Å²) in [6, 6.07) is 9.92. The Morgan fingerprint density at radius 2 is 2.12 bits per heavy atom. The Morgan fingerprint density at radius 3 is 2.88 bits per heavy atom. The maximum absolute atomic E-state index is 12.1. The minimum Gasteiger partial charge on any atom is -0.391 e. The molecular formula is C18H27N3O3. The van der Waals surface area contributed by atoms with E-state index in [1.165, 1.54) is 5.56 Å². The summed E-state index contributed by atoms with van der Waals surface area (Å²) < 4.78 is 5.31. The molecule has 0 unspecified atom stereocenters. The van der Waals surface area contributed by atoms with Crippen LogP contribution in [0.4, 0.5) is 4.79 Å². The number of rotatable bonds is 4. The van der Waals surface area contributed by atoms with Gasteiger partial charge in [0.25, 0.3) is 0 Å². The van der Waals surface area contributed by atoms with Gasteiger partial charge in [-0.15, -0.1) is 0 Å². The van der Waals surface area contributed by atoms with Gasteiger partial charge in [-0.25, -0.2) is 4.79 Å². The number of benzene rings is 1. The molecule has 2 saturated heterocycles. The number of carbonyl (C=O) groups excluding carboxylic acids is 1. The minimum atomic E-state index is -0.529. The molecule has 1 aromatic carbocycles. The molecule has 2 amide bonds. The fraction of sp³-hybridized carbons (Fsp3) is 0.611. The van der Waals surface area contributed by atoms with Crippen molar-refractivity contribution in [2.24, 2.45) is 5.92 Å². The fourth-order valence-electron chi connectivity index (χ4n) is 3.68. The van der Waals surface area contributed by atoms with Gasteiger partial charge in [0.2, 0.25) is 0 Å². The van der Waals surface area contributed by atoms with E-state index in [1.54, 1.807) is 0 Å². The molecule has 0 saturated carbocycles. The Labute approximate surface area is 143 Å². The van der Waals surface area contributed by atoms with Crippen LogP contribution < -0.4 is 10.6 Å². The van der Waals surface area contributed by atoms with Gasteiger partial charge in [-0.3, -0.25) is 0 Å². The average Bonchev–Trinajstić information content (AvgIpc) is 2.97. The molecule has 0 aromatic heterocycles. The third-order valence-corrected chi connectivity index (χ3v) is 5.01. The van der Waals surface area contributed by atoms with Crippen LogP contribution >= 0.6 is 0 Å². The van der Waals surface area contributed by atoms with E-state index in [1.807, 2.05) is 6.07 Å². The quantitative estimate of drug-likeness (QED) is 0.761. The van der Waals surface area contributed by atoms with Gasteiger partial charge < -0.3 is 25.4 Å². The lowest BCUT2D eigenvalue weighted by Gasteiger charge is -2.28. The molecule has 132 valence electrons. The molecule has 3 rings (SSSR count). The van der Waals surface area contributed by atoms with Crippen LogP contribution in [-0.2, 0) is 4.74 Å². The summed E-state index contributed by atoms with van der Waals surface area (Å²) in [6.45, 7) is 3.52. The van der Waals surface area contributed by atoms with Crippen molar-refractivity contribution < 1.29 is 14.6 Å². The monoisotopic (exact) mass is 333 g/mol. The van der Waals surface area contributed by atoms with Gasteiger partial charge in [-0.2, -0.15) is 0 Å². The molecule has 24 heavy (non-hydrogen) atoms. The molecule has 0 aliphatic carbocycles. The number of nitrogens with zero attached hydrogens (tertiary/aromatic N) is 1. The van der Waals surface area contributed by atoms with Gasteiger partial charge >= 0.3 is 6.03 Å². The summed E-state index contributed by atoms with van der Waals surface area (Å²) in [5.41, 5.74) is 1.32. The van der Waals surface area contributed by atoms with E-state index in [0.29, 0.717) is 38.0 Å². The second-order valence-corrected chi connectivity index (χ2v) is 6.89. The summed E-state index contributed by atoms with van der Waals surface area (Å²) in [4.78, 5) is 14.4. The molecule has 1 aromatic rings. The topological polar surface area (TPSA) is 73.8 Å². The van der Waals surface area contributed by atoms with Crippen LogP contribution in [-0.4, -0.2) is 68.1 Å². The van der Waals surface area contributed by atoms with Gasteiger partial charge in [-0.05, 0) is 24.9 Å². The lowest BCUT2D eigenvalue weighted by atomic mass is 9.89. The molecule has 2 aliphatic heterocycles. The number of ether oxygens (including phenoxy) is 1. The molecular weight excluding hydrogens is 306 g/mol. The standard InChI is InChI=1S/C18H27N3O3/c1-21-10-14(15(11-21)13-5-3-2-4-6-13)9-19-18(23)20-16-12-24-8-7-17(16)22/h2-6,14-17,22H,7-12H2,1H3,(H2,19,20,23)/t14-,15+,16-,17-/m1/s1. The zero-order chi connectivity index (χ0) is 16.9. The van der Waals surface area contributed by atoms with Gasteiger partial charge in [0.05, 0.1) is 18.8 Å². The van der Waals surface area contributed by atoms with E-state index in [2.05, 4.69) is 46.8 Å². The number of amides is 2. The highest BCUT2D eigenvalue weighted by atomic mass is 16.5. The summed E-state index contributed by atoms with van der Waals surface area (Å²) in [5.74, 6) is 0.816. The van der Waals surface area contributed by atoms with Crippen LogP contribution in [0.3, 0.4) is 0 Å². The largest absolute Gasteiger partial charge is 0.391 e. The number of likely N-dealkylation sites (N-methyl/N-ethyl adjacent to an activating group) is 1. The smallest absolute Gasteiger partial charge is 0.315 e. The second kappa shape index (κ2) is 7.96. The molecule has 0 bridgehead atoms. The SMILES string of the molecule is CN1C[C@@H](CNC(=O)N[C@@H]2COCC[C@H]2O)[C@H](c2ccccc2)C1. The fourth-order valence-corrected chi connectivity index (χ4v) is 3.68. The highest BCUT2D eigenvalue weighted by molar-refractivity contribution is 5.74. The molecule has 2 fully saturated rings. The van der Waals surface area contributed by atoms with Gasteiger partial charge in [0.1, 0.15) is 0 Å². The van der Waals surface area contributed by atoms with Crippen LogP contribution in [0.2, 0.25) is 0 Å². The molecule has 6 heteroatoms. The van der Waals surface area contributed by atoms with Crippen molar-refractivity contribution in [3.63, 3.8) is 0 Å². The summed E-state index contributed by atoms with van der Waals surface area (Å²) in [7, 11) is 2.12. The number of likely N-dealkylation sites (tertiary alicyclic amines) is 1. The molecule has 0 spiro atoms. The van der Waals surface area contributed by atoms with Gasteiger partial charge in [-0.1, -0.05) is 30.3 Å². The Hall–Kier alpha value is -1.63. The Balaban J connectivity index is 1.52. The first-order valence-corrected chi connectivity index (χ1v) is 8.67. The van der Waals surface area contributed by atoms with Crippen molar-refractivity contribution in [1.82, 2.24) is 15.5 Å². The van der Waals surface area contributed by atoms with Crippen molar-refractivity contribution in [3.8, 4) is 0 Å². The highest BCUT2D eigenvalue weighted by Gasteiger charge is 2.32. The number of carbonyl (C=O) groups is 1. The molecule has 6 nitrogen and oxygen atoms in total. The van der Waals surface area contributed by atoms with Crippen LogP contribution in [0.15, 0.2) is 30.3 Å². The van der Waals surface area contributed by atoms with Gasteiger partial charge in [0, 0.05) is 32.2 Å². The van der Waals surface area contributed by atoms with E-state index in [-0.39, 0.29) is 12.1 Å². The number of aliphatic hydroxyl groups excluding tert-OH is 1. The number of urea groups is 1. The average molecular weight is 333 g/mol. The maximum Gasteiger partial charge on any atom is 0.315 e. The Morgan fingerprint density at radius 1 is 1.33 bits per heavy atom. The lowest BCUT2D eigenvalue weighted by Crippen LogP contribution is -2.53. The Bertz CT molecular complexity index is 540. The van der Waals surface area contributed by atoms with Crippen molar-refractivity contribution in [2.45, 2.75) is 24.5 Å². The number of aliphatic hydroxyl groups is 1.